The minimum absolute atomic E-state index is 0.0307. The van der Waals surface area contributed by atoms with Crippen LogP contribution in [-0.4, -0.2) is 36.0 Å². The SMILES string of the molecule is CC(C)(CNC(CO)CO)c1cccs1. The van der Waals surface area contributed by atoms with E-state index in [1.165, 1.54) is 4.88 Å². The Morgan fingerprint density at radius 1 is 1.40 bits per heavy atom. The largest absolute Gasteiger partial charge is 0.395 e. The van der Waals surface area contributed by atoms with Gasteiger partial charge in [0.15, 0.2) is 0 Å². The van der Waals surface area contributed by atoms with E-state index in [1.807, 2.05) is 6.07 Å². The molecule has 0 aliphatic heterocycles. The number of hydrogen-bond acceptors (Lipinski definition) is 4. The third-order valence-corrected chi connectivity index (χ3v) is 3.70. The van der Waals surface area contributed by atoms with Crippen LogP contribution in [0.15, 0.2) is 17.5 Å². The molecule has 0 aliphatic carbocycles. The fraction of sp³-hybridized carbons (Fsp3) is 0.636. The Bertz CT molecular complexity index is 268. The number of hydrogen-bond donors (Lipinski definition) is 3. The molecule has 86 valence electrons. The van der Waals surface area contributed by atoms with Crippen molar-refractivity contribution in [1.29, 1.82) is 0 Å². The predicted octanol–water partition coefficient (Wildman–Crippen LogP) is 0.968. The molecule has 4 heteroatoms. The zero-order chi connectivity index (χ0) is 11.3. The second-order valence-electron chi connectivity index (χ2n) is 4.30. The van der Waals surface area contributed by atoms with Gasteiger partial charge < -0.3 is 15.5 Å². The maximum atomic E-state index is 8.93. The maximum Gasteiger partial charge on any atom is 0.0607 e. The highest BCUT2D eigenvalue weighted by Crippen LogP contribution is 2.26. The monoisotopic (exact) mass is 229 g/mol. The summed E-state index contributed by atoms with van der Waals surface area (Å²) >= 11 is 1.73. The average molecular weight is 229 g/mol. The number of thiophene rings is 1. The Morgan fingerprint density at radius 3 is 2.53 bits per heavy atom. The molecule has 0 bridgehead atoms. The zero-order valence-corrected chi connectivity index (χ0v) is 10.0. The van der Waals surface area contributed by atoms with Crippen LogP contribution in [0.1, 0.15) is 18.7 Å². The molecule has 0 saturated carbocycles. The summed E-state index contributed by atoms with van der Waals surface area (Å²) in [6, 6.07) is 3.93. The second-order valence-corrected chi connectivity index (χ2v) is 5.25. The molecule has 3 nitrogen and oxygen atoms in total. The van der Waals surface area contributed by atoms with Gasteiger partial charge in [-0.3, -0.25) is 0 Å². The molecule has 0 aliphatic rings. The third-order valence-electron chi connectivity index (χ3n) is 2.46. The molecule has 15 heavy (non-hydrogen) atoms. The van der Waals surface area contributed by atoms with Gasteiger partial charge in [0.1, 0.15) is 0 Å². The van der Waals surface area contributed by atoms with Gasteiger partial charge in [-0.25, -0.2) is 0 Å². The van der Waals surface area contributed by atoms with Crippen LogP contribution in [0.3, 0.4) is 0 Å². The van der Waals surface area contributed by atoms with Gasteiger partial charge in [0.05, 0.1) is 19.3 Å². The molecule has 3 N–H and O–H groups in total. The quantitative estimate of drug-likeness (QED) is 0.681. The molecule has 0 radical (unpaired) electrons. The molecule has 0 fully saturated rings. The predicted molar refractivity (Wildman–Crippen MR) is 63.3 cm³/mol. The van der Waals surface area contributed by atoms with Crippen molar-refractivity contribution in [2.75, 3.05) is 19.8 Å². The third kappa shape index (κ3) is 3.57. The molecule has 1 aromatic rings. The number of rotatable bonds is 6. The smallest absolute Gasteiger partial charge is 0.0607 e. The summed E-state index contributed by atoms with van der Waals surface area (Å²) in [6.07, 6.45) is 0. The summed E-state index contributed by atoms with van der Waals surface area (Å²) in [6.45, 7) is 4.99. The minimum atomic E-state index is -0.218. The summed E-state index contributed by atoms with van der Waals surface area (Å²) in [4.78, 5) is 1.31. The van der Waals surface area contributed by atoms with Crippen molar-refractivity contribution in [3.8, 4) is 0 Å². The van der Waals surface area contributed by atoms with Crippen molar-refractivity contribution < 1.29 is 10.2 Å². The molecule has 0 saturated heterocycles. The Hall–Kier alpha value is -0.420. The molecule has 1 aromatic heterocycles. The van der Waals surface area contributed by atoms with Crippen LogP contribution in [0.5, 0.6) is 0 Å². The van der Waals surface area contributed by atoms with Crippen LogP contribution < -0.4 is 5.32 Å². The van der Waals surface area contributed by atoms with E-state index >= 15 is 0 Å². The lowest BCUT2D eigenvalue weighted by atomic mass is 9.91. The highest BCUT2D eigenvalue weighted by molar-refractivity contribution is 7.10. The molecule has 0 atom stereocenters. The van der Waals surface area contributed by atoms with Crippen molar-refractivity contribution in [2.24, 2.45) is 0 Å². The topological polar surface area (TPSA) is 52.5 Å². The van der Waals surface area contributed by atoms with Crippen molar-refractivity contribution in [3.05, 3.63) is 22.4 Å². The van der Waals surface area contributed by atoms with E-state index in [2.05, 4.69) is 30.6 Å². The van der Waals surface area contributed by atoms with Gasteiger partial charge in [0, 0.05) is 16.8 Å². The zero-order valence-electron chi connectivity index (χ0n) is 9.23. The average Bonchev–Trinajstić information content (AvgIpc) is 2.72. The first-order valence-corrected chi connectivity index (χ1v) is 5.97. The molecular weight excluding hydrogens is 210 g/mol. The first-order chi connectivity index (χ1) is 7.10. The van der Waals surface area contributed by atoms with Crippen LogP contribution in [-0.2, 0) is 5.41 Å². The fourth-order valence-electron chi connectivity index (χ4n) is 1.34. The molecule has 1 heterocycles. The van der Waals surface area contributed by atoms with E-state index in [4.69, 9.17) is 10.2 Å². The Balaban J connectivity index is 2.50. The summed E-state index contributed by atoms with van der Waals surface area (Å²) < 4.78 is 0. The van der Waals surface area contributed by atoms with Gasteiger partial charge in [0.25, 0.3) is 0 Å². The van der Waals surface area contributed by atoms with Crippen LogP contribution >= 0.6 is 11.3 Å². The molecule has 0 amide bonds. The first-order valence-electron chi connectivity index (χ1n) is 5.09. The van der Waals surface area contributed by atoms with Gasteiger partial charge in [0.2, 0.25) is 0 Å². The normalized spacial score (nSPS) is 12.3. The second kappa shape index (κ2) is 5.61. The van der Waals surface area contributed by atoms with Crippen LogP contribution in [0.4, 0.5) is 0 Å². The maximum absolute atomic E-state index is 8.93. The van der Waals surface area contributed by atoms with Crippen LogP contribution in [0, 0.1) is 0 Å². The molecule has 0 spiro atoms. The van der Waals surface area contributed by atoms with Crippen molar-refractivity contribution in [2.45, 2.75) is 25.3 Å². The van der Waals surface area contributed by atoms with E-state index in [0.29, 0.717) is 0 Å². The van der Waals surface area contributed by atoms with Gasteiger partial charge in [-0.15, -0.1) is 11.3 Å². The van der Waals surface area contributed by atoms with Gasteiger partial charge >= 0.3 is 0 Å². The van der Waals surface area contributed by atoms with Crippen molar-refractivity contribution >= 4 is 11.3 Å². The summed E-state index contributed by atoms with van der Waals surface area (Å²) in [5, 5.41) is 23.1. The Morgan fingerprint density at radius 2 is 2.07 bits per heavy atom. The lowest BCUT2D eigenvalue weighted by Crippen LogP contribution is -2.42. The van der Waals surface area contributed by atoms with Gasteiger partial charge in [-0.2, -0.15) is 0 Å². The van der Waals surface area contributed by atoms with Crippen LogP contribution in [0.2, 0.25) is 0 Å². The Kier molecular flexibility index (Phi) is 4.73. The highest BCUT2D eigenvalue weighted by atomic mass is 32.1. The summed E-state index contributed by atoms with van der Waals surface area (Å²) in [7, 11) is 0. The number of aliphatic hydroxyl groups is 2. The summed E-state index contributed by atoms with van der Waals surface area (Å²) in [5.41, 5.74) is 0.0384. The molecular formula is C11H19NO2S. The highest BCUT2D eigenvalue weighted by Gasteiger charge is 2.22. The standard InChI is InChI=1S/C11H19NO2S/c1-11(2,10-4-3-5-15-10)8-12-9(6-13)7-14/h3-5,9,12-14H,6-8H2,1-2H3. The van der Waals surface area contributed by atoms with E-state index in [0.717, 1.165) is 6.54 Å². The molecule has 0 aromatic carbocycles. The number of aliphatic hydroxyl groups excluding tert-OH is 2. The van der Waals surface area contributed by atoms with E-state index in [1.54, 1.807) is 11.3 Å². The lowest BCUT2D eigenvalue weighted by Gasteiger charge is -2.26. The van der Waals surface area contributed by atoms with Crippen molar-refractivity contribution in [1.82, 2.24) is 5.32 Å². The van der Waals surface area contributed by atoms with Crippen molar-refractivity contribution in [3.63, 3.8) is 0 Å². The van der Waals surface area contributed by atoms with E-state index < -0.39 is 0 Å². The van der Waals surface area contributed by atoms with E-state index in [-0.39, 0.29) is 24.7 Å². The minimum Gasteiger partial charge on any atom is -0.395 e. The summed E-state index contributed by atoms with van der Waals surface area (Å²) in [5.74, 6) is 0. The molecule has 1 rings (SSSR count). The Labute approximate surface area is 94.8 Å². The first kappa shape index (κ1) is 12.6. The fourth-order valence-corrected chi connectivity index (χ4v) is 2.19. The lowest BCUT2D eigenvalue weighted by molar-refractivity contribution is 0.166. The number of nitrogens with one attached hydrogen (secondary N) is 1. The van der Waals surface area contributed by atoms with Gasteiger partial charge in [-0.1, -0.05) is 19.9 Å². The van der Waals surface area contributed by atoms with Gasteiger partial charge in [-0.05, 0) is 11.4 Å². The molecule has 0 unspecified atom stereocenters. The van der Waals surface area contributed by atoms with Crippen LogP contribution in [0.25, 0.3) is 0 Å². The van der Waals surface area contributed by atoms with E-state index in [9.17, 15) is 0 Å².